The minimum Gasteiger partial charge on any atom is -0.316 e. The van der Waals surface area contributed by atoms with Crippen molar-refractivity contribution in [2.24, 2.45) is 0 Å². The van der Waals surface area contributed by atoms with Crippen molar-refractivity contribution in [3.63, 3.8) is 0 Å². The van der Waals surface area contributed by atoms with Crippen molar-refractivity contribution in [1.29, 1.82) is 0 Å². The van der Waals surface area contributed by atoms with Gasteiger partial charge in [-0.05, 0) is 18.7 Å². The summed E-state index contributed by atoms with van der Waals surface area (Å²) in [4.78, 5) is 3.59. The van der Waals surface area contributed by atoms with Crippen LogP contribution in [0.1, 0.15) is 5.56 Å². The Balaban J connectivity index is 2.79. The molecule has 10 heteroatoms. The Morgan fingerprint density at radius 3 is 2.45 bits per heavy atom. The Hall–Kier alpha value is -1.26. The van der Waals surface area contributed by atoms with Gasteiger partial charge in [-0.1, -0.05) is 6.07 Å². The zero-order chi connectivity index (χ0) is 15.4. The summed E-state index contributed by atoms with van der Waals surface area (Å²) in [5.41, 5.74) is 0.685. The molecule has 0 amide bonds. The van der Waals surface area contributed by atoms with Gasteiger partial charge in [-0.3, -0.25) is 0 Å². The van der Waals surface area contributed by atoms with Gasteiger partial charge in [-0.2, -0.15) is 8.78 Å². The van der Waals surface area contributed by atoms with E-state index in [-0.39, 0.29) is 0 Å². The van der Waals surface area contributed by atoms with E-state index < -0.39 is 33.9 Å². The molecule has 0 atom stereocenters. The van der Waals surface area contributed by atoms with Crippen LogP contribution >= 0.6 is 0 Å². The van der Waals surface area contributed by atoms with E-state index in [1.54, 1.807) is 7.05 Å². The monoisotopic (exact) mass is 315 g/mol. The first-order valence-electron chi connectivity index (χ1n) is 5.44. The molecule has 0 aliphatic heterocycles. The summed E-state index contributed by atoms with van der Waals surface area (Å²) in [6.45, 7) is -1.24. The van der Waals surface area contributed by atoms with Crippen LogP contribution in [-0.4, -0.2) is 39.3 Å². The van der Waals surface area contributed by atoms with E-state index in [1.807, 2.05) is 0 Å². The quantitative estimate of drug-likeness (QED) is 0.736. The summed E-state index contributed by atoms with van der Waals surface area (Å²) in [6.07, 6.45) is -2.70. The Kier molecular flexibility index (Phi) is 5.42. The fourth-order valence-corrected chi connectivity index (χ4v) is 2.19. The van der Waals surface area contributed by atoms with Gasteiger partial charge in [-0.15, -0.1) is 0 Å². The lowest BCUT2D eigenvalue weighted by molar-refractivity contribution is -0.122. The van der Waals surface area contributed by atoms with Crippen molar-refractivity contribution in [2.45, 2.75) is 23.9 Å². The van der Waals surface area contributed by atoms with Gasteiger partial charge in [0.2, 0.25) is 0 Å². The van der Waals surface area contributed by atoms with Crippen LogP contribution in [0.5, 0.6) is 0 Å². The highest BCUT2D eigenvalue weighted by Gasteiger charge is 2.41. The number of hydrogen-bond acceptors (Lipinski definition) is 4. The summed E-state index contributed by atoms with van der Waals surface area (Å²) >= 11 is 0. The summed E-state index contributed by atoms with van der Waals surface area (Å²) in [7, 11) is -2.67. The van der Waals surface area contributed by atoms with E-state index in [1.165, 1.54) is 17.0 Å². The standard InChI is InChI=1S/C10H13F4N3O2S/c1-15-4-7-2-3-8(16-5-7)20(18,19)17-6-10(13,14)9(11)12/h2-3,5,9,15,17H,4,6H2,1H3. The molecule has 20 heavy (non-hydrogen) atoms. The molecule has 2 N–H and O–H groups in total. The molecular weight excluding hydrogens is 302 g/mol. The van der Waals surface area contributed by atoms with Crippen molar-refractivity contribution in [2.75, 3.05) is 13.6 Å². The lowest BCUT2D eigenvalue weighted by Gasteiger charge is -2.15. The molecule has 1 heterocycles. The fraction of sp³-hybridized carbons (Fsp3) is 0.500. The molecule has 5 nitrogen and oxygen atoms in total. The number of nitrogens with one attached hydrogen (secondary N) is 2. The smallest absolute Gasteiger partial charge is 0.316 e. The zero-order valence-electron chi connectivity index (χ0n) is 10.4. The third kappa shape index (κ3) is 4.39. The molecular formula is C10H13F4N3O2S. The second-order valence-corrected chi connectivity index (χ2v) is 5.64. The molecule has 1 rings (SSSR count). The van der Waals surface area contributed by atoms with Gasteiger partial charge in [0, 0.05) is 12.7 Å². The molecule has 0 radical (unpaired) electrons. The maximum Gasteiger partial charge on any atom is 0.320 e. The number of aromatic nitrogens is 1. The van der Waals surface area contributed by atoms with Gasteiger partial charge in [0.15, 0.2) is 5.03 Å². The van der Waals surface area contributed by atoms with Crippen molar-refractivity contribution >= 4 is 10.0 Å². The highest BCUT2D eigenvalue weighted by atomic mass is 32.2. The largest absolute Gasteiger partial charge is 0.320 e. The van der Waals surface area contributed by atoms with Gasteiger partial charge in [0.1, 0.15) is 0 Å². The summed E-state index contributed by atoms with van der Waals surface area (Å²) in [5, 5.41) is 2.30. The minimum atomic E-state index is -4.43. The Morgan fingerprint density at radius 2 is 2.00 bits per heavy atom. The lowest BCUT2D eigenvalue weighted by Crippen LogP contribution is -2.41. The first kappa shape index (κ1) is 16.8. The zero-order valence-corrected chi connectivity index (χ0v) is 11.2. The summed E-state index contributed by atoms with van der Waals surface area (Å²) in [6, 6.07) is 2.54. The van der Waals surface area contributed by atoms with Crippen LogP contribution in [0.15, 0.2) is 23.4 Å². The topological polar surface area (TPSA) is 71.1 Å². The molecule has 0 aliphatic rings. The highest BCUT2D eigenvalue weighted by Crippen LogP contribution is 2.22. The first-order valence-corrected chi connectivity index (χ1v) is 6.92. The number of pyridine rings is 1. The molecule has 1 aromatic rings. The molecule has 0 spiro atoms. The summed E-state index contributed by atoms with van der Waals surface area (Å²) < 4.78 is 73.8. The average molecular weight is 315 g/mol. The van der Waals surface area contributed by atoms with Crippen LogP contribution < -0.4 is 10.0 Å². The molecule has 0 saturated carbocycles. The Bertz CT molecular complexity index is 534. The van der Waals surface area contributed by atoms with E-state index in [9.17, 15) is 26.0 Å². The van der Waals surface area contributed by atoms with Crippen molar-refractivity contribution in [3.8, 4) is 0 Å². The number of alkyl halides is 4. The van der Waals surface area contributed by atoms with E-state index in [0.29, 0.717) is 12.1 Å². The maximum atomic E-state index is 12.7. The van der Waals surface area contributed by atoms with Crippen molar-refractivity contribution in [1.82, 2.24) is 15.0 Å². The molecule has 0 saturated heterocycles. The van der Waals surface area contributed by atoms with Crippen LogP contribution in [-0.2, 0) is 16.6 Å². The van der Waals surface area contributed by atoms with Crippen LogP contribution in [0.3, 0.4) is 0 Å². The number of sulfonamides is 1. The second-order valence-electron chi connectivity index (χ2n) is 3.92. The maximum absolute atomic E-state index is 12.7. The van der Waals surface area contributed by atoms with Gasteiger partial charge < -0.3 is 5.32 Å². The molecule has 1 aromatic heterocycles. The van der Waals surface area contributed by atoms with Crippen molar-refractivity contribution in [3.05, 3.63) is 23.9 Å². The number of nitrogens with zero attached hydrogens (tertiary/aromatic N) is 1. The molecule has 114 valence electrons. The molecule has 0 bridgehead atoms. The van der Waals surface area contributed by atoms with E-state index in [2.05, 4.69) is 10.3 Å². The third-order valence-corrected chi connectivity index (χ3v) is 3.59. The van der Waals surface area contributed by atoms with Crippen LogP contribution in [0.4, 0.5) is 17.6 Å². The lowest BCUT2D eigenvalue weighted by atomic mass is 10.3. The fourth-order valence-electron chi connectivity index (χ4n) is 1.22. The second kappa shape index (κ2) is 6.46. The first-order chi connectivity index (χ1) is 9.19. The van der Waals surface area contributed by atoms with Gasteiger partial charge in [0.25, 0.3) is 10.0 Å². The van der Waals surface area contributed by atoms with Crippen LogP contribution in [0.25, 0.3) is 0 Å². The Labute approximate surface area is 113 Å². The minimum absolute atomic E-state index is 0.449. The van der Waals surface area contributed by atoms with Gasteiger partial charge >= 0.3 is 12.3 Å². The van der Waals surface area contributed by atoms with Crippen LogP contribution in [0, 0.1) is 0 Å². The molecule has 0 aromatic carbocycles. The average Bonchev–Trinajstić information content (AvgIpc) is 2.38. The molecule has 0 aliphatic carbocycles. The predicted molar refractivity (Wildman–Crippen MR) is 63.1 cm³/mol. The SMILES string of the molecule is CNCc1ccc(S(=O)(=O)NCC(F)(F)C(F)F)nc1. The molecule has 0 unspecified atom stereocenters. The van der Waals surface area contributed by atoms with E-state index >= 15 is 0 Å². The van der Waals surface area contributed by atoms with E-state index in [0.717, 1.165) is 6.07 Å². The summed E-state index contributed by atoms with van der Waals surface area (Å²) in [5.74, 6) is -4.43. The number of halogens is 4. The highest BCUT2D eigenvalue weighted by molar-refractivity contribution is 7.89. The predicted octanol–water partition coefficient (Wildman–Crippen LogP) is 0.980. The Morgan fingerprint density at radius 1 is 1.35 bits per heavy atom. The van der Waals surface area contributed by atoms with Crippen LogP contribution in [0.2, 0.25) is 0 Å². The van der Waals surface area contributed by atoms with Crippen molar-refractivity contribution < 1.29 is 26.0 Å². The molecule has 0 fully saturated rings. The number of rotatable bonds is 7. The third-order valence-electron chi connectivity index (χ3n) is 2.27. The van der Waals surface area contributed by atoms with Gasteiger partial charge in [-0.25, -0.2) is 26.9 Å². The van der Waals surface area contributed by atoms with E-state index in [4.69, 9.17) is 0 Å². The normalized spacial score (nSPS) is 12.9. The van der Waals surface area contributed by atoms with Gasteiger partial charge in [0.05, 0.1) is 6.54 Å². The number of hydrogen-bond donors (Lipinski definition) is 2.